The first-order valence-corrected chi connectivity index (χ1v) is 10.7. The van der Waals surface area contributed by atoms with E-state index >= 15 is 0 Å². The Bertz CT molecular complexity index is 909. The Morgan fingerprint density at radius 3 is 2.19 bits per heavy atom. The van der Waals surface area contributed by atoms with Gasteiger partial charge >= 0.3 is 6.03 Å². The summed E-state index contributed by atoms with van der Waals surface area (Å²) in [4.78, 5) is 12.0. The third kappa shape index (κ3) is 5.55. The fourth-order valence-electron chi connectivity index (χ4n) is 3.21. The number of amides is 2. The quantitative estimate of drug-likeness (QED) is 0.681. The van der Waals surface area contributed by atoms with Crippen LogP contribution in [0.4, 0.5) is 4.79 Å². The van der Waals surface area contributed by atoms with Crippen molar-refractivity contribution in [2.75, 3.05) is 7.05 Å². The number of aryl methyl sites for hydroxylation is 2. The van der Waals surface area contributed by atoms with Crippen LogP contribution >= 0.6 is 0 Å². The molecule has 0 atom stereocenters. The number of urea groups is 1. The summed E-state index contributed by atoms with van der Waals surface area (Å²) in [6.07, 6.45) is 3.50. The standard InChI is InChI=1S/C20H25N3O3S/c1-21-27(25,26)14-16-7-5-15(6-8-16)12-22-20(24)23-13-17-9-10-18-3-2-4-19(18)11-17/h5-11,21H,2-4,12-14H2,1H3,(H2,22,23,24). The lowest BCUT2D eigenvalue weighted by atomic mass is 10.1. The first-order valence-electron chi connectivity index (χ1n) is 9.06. The molecule has 6 nitrogen and oxygen atoms in total. The van der Waals surface area contributed by atoms with Crippen molar-refractivity contribution in [3.63, 3.8) is 0 Å². The van der Waals surface area contributed by atoms with Gasteiger partial charge in [-0.3, -0.25) is 0 Å². The van der Waals surface area contributed by atoms with Gasteiger partial charge in [-0.05, 0) is 54.1 Å². The third-order valence-electron chi connectivity index (χ3n) is 4.76. The molecule has 0 fully saturated rings. The van der Waals surface area contributed by atoms with E-state index in [-0.39, 0.29) is 11.8 Å². The minimum absolute atomic E-state index is 0.0571. The van der Waals surface area contributed by atoms with E-state index in [2.05, 4.69) is 33.6 Å². The number of hydrogen-bond donors (Lipinski definition) is 3. The van der Waals surface area contributed by atoms with Gasteiger partial charge in [0, 0.05) is 13.1 Å². The second-order valence-corrected chi connectivity index (χ2v) is 8.70. The maximum absolute atomic E-state index is 12.0. The first kappa shape index (κ1) is 19.4. The molecular weight excluding hydrogens is 362 g/mol. The van der Waals surface area contributed by atoms with Crippen LogP contribution in [0.15, 0.2) is 42.5 Å². The molecule has 3 N–H and O–H groups in total. The zero-order chi connectivity index (χ0) is 19.3. The molecule has 0 heterocycles. The summed E-state index contributed by atoms with van der Waals surface area (Å²) in [6, 6.07) is 13.3. The molecule has 0 aromatic heterocycles. The monoisotopic (exact) mass is 387 g/mol. The number of hydrogen-bond acceptors (Lipinski definition) is 3. The van der Waals surface area contributed by atoms with Crippen molar-refractivity contribution in [2.45, 2.75) is 38.1 Å². The number of rotatable bonds is 7. The predicted molar refractivity (Wildman–Crippen MR) is 106 cm³/mol. The predicted octanol–water partition coefficient (Wildman–Crippen LogP) is 2.22. The van der Waals surface area contributed by atoms with Crippen LogP contribution in [0.3, 0.4) is 0 Å². The van der Waals surface area contributed by atoms with Gasteiger partial charge in [0.1, 0.15) is 0 Å². The smallest absolute Gasteiger partial charge is 0.315 e. The third-order valence-corrected chi connectivity index (χ3v) is 6.10. The molecular formula is C20H25N3O3S. The SMILES string of the molecule is CNS(=O)(=O)Cc1ccc(CNC(=O)NCc2ccc3c(c2)CCC3)cc1. The lowest BCUT2D eigenvalue weighted by molar-refractivity contribution is 0.240. The second-order valence-electron chi connectivity index (χ2n) is 6.77. The summed E-state index contributed by atoms with van der Waals surface area (Å²) in [7, 11) is -1.88. The highest BCUT2D eigenvalue weighted by atomic mass is 32.2. The Hall–Kier alpha value is -2.38. The number of sulfonamides is 1. The van der Waals surface area contributed by atoms with Crippen molar-refractivity contribution in [3.8, 4) is 0 Å². The van der Waals surface area contributed by atoms with Crippen LogP contribution in [0.25, 0.3) is 0 Å². The summed E-state index contributed by atoms with van der Waals surface area (Å²) >= 11 is 0. The largest absolute Gasteiger partial charge is 0.334 e. The summed E-state index contributed by atoms with van der Waals surface area (Å²) in [5.41, 5.74) is 5.55. The average Bonchev–Trinajstić information content (AvgIpc) is 3.13. The van der Waals surface area contributed by atoms with E-state index in [0.29, 0.717) is 18.7 Å². The Balaban J connectivity index is 1.45. The molecule has 0 saturated carbocycles. The van der Waals surface area contributed by atoms with Gasteiger partial charge in [0.2, 0.25) is 10.0 Å². The van der Waals surface area contributed by atoms with Crippen molar-refractivity contribution in [1.82, 2.24) is 15.4 Å². The van der Waals surface area contributed by atoms with Crippen LogP contribution in [-0.2, 0) is 41.7 Å². The van der Waals surface area contributed by atoms with Crippen LogP contribution in [0.5, 0.6) is 0 Å². The lowest BCUT2D eigenvalue weighted by Crippen LogP contribution is -2.34. The molecule has 0 aliphatic heterocycles. The van der Waals surface area contributed by atoms with Gasteiger partial charge in [0.05, 0.1) is 5.75 Å². The van der Waals surface area contributed by atoms with E-state index in [4.69, 9.17) is 0 Å². The molecule has 0 unspecified atom stereocenters. The van der Waals surface area contributed by atoms with Crippen LogP contribution < -0.4 is 15.4 Å². The Labute approximate surface area is 160 Å². The molecule has 1 aliphatic rings. The number of benzene rings is 2. The Morgan fingerprint density at radius 1 is 0.889 bits per heavy atom. The summed E-state index contributed by atoms with van der Waals surface area (Å²) in [6.45, 7) is 0.884. The fourth-order valence-corrected chi connectivity index (χ4v) is 3.98. The van der Waals surface area contributed by atoms with E-state index in [1.54, 1.807) is 12.1 Å². The van der Waals surface area contributed by atoms with Crippen LogP contribution in [0, 0.1) is 0 Å². The number of carbonyl (C=O) groups excluding carboxylic acids is 1. The molecule has 0 bridgehead atoms. The zero-order valence-electron chi connectivity index (χ0n) is 15.4. The maximum atomic E-state index is 12.0. The highest BCUT2D eigenvalue weighted by molar-refractivity contribution is 7.88. The average molecular weight is 388 g/mol. The molecule has 0 spiro atoms. The van der Waals surface area contributed by atoms with Crippen LogP contribution in [-0.4, -0.2) is 21.5 Å². The van der Waals surface area contributed by atoms with Gasteiger partial charge in [-0.25, -0.2) is 17.9 Å². The zero-order valence-corrected chi connectivity index (χ0v) is 16.2. The highest BCUT2D eigenvalue weighted by Crippen LogP contribution is 2.22. The van der Waals surface area contributed by atoms with E-state index < -0.39 is 10.0 Å². The van der Waals surface area contributed by atoms with Crippen molar-refractivity contribution >= 4 is 16.1 Å². The van der Waals surface area contributed by atoms with Crippen LogP contribution in [0.1, 0.15) is 34.2 Å². The molecule has 0 saturated heterocycles. The minimum atomic E-state index is -3.28. The first-order chi connectivity index (χ1) is 12.9. The molecule has 7 heteroatoms. The van der Waals surface area contributed by atoms with Gasteiger partial charge in [0.15, 0.2) is 0 Å². The second kappa shape index (κ2) is 8.54. The minimum Gasteiger partial charge on any atom is -0.334 e. The Morgan fingerprint density at radius 2 is 1.48 bits per heavy atom. The van der Waals surface area contributed by atoms with Crippen molar-refractivity contribution in [1.29, 1.82) is 0 Å². The molecule has 2 aromatic carbocycles. The van der Waals surface area contributed by atoms with Gasteiger partial charge < -0.3 is 10.6 Å². The number of fused-ring (bicyclic) bond motifs is 1. The van der Waals surface area contributed by atoms with E-state index in [1.807, 2.05) is 12.1 Å². The van der Waals surface area contributed by atoms with Gasteiger partial charge in [0.25, 0.3) is 0 Å². The van der Waals surface area contributed by atoms with Crippen LogP contribution in [0.2, 0.25) is 0 Å². The number of carbonyl (C=O) groups is 1. The summed E-state index contributed by atoms with van der Waals surface area (Å²) < 4.78 is 25.4. The van der Waals surface area contributed by atoms with E-state index in [0.717, 1.165) is 24.0 Å². The molecule has 144 valence electrons. The normalized spacial score (nSPS) is 13.2. The van der Waals surface area contributed by atoms with Crippen molar-refractivity contribution in [2.24, 2.45) is 0 Å². The number of nitrogens with one attached hydrogen (secondary N) is 3. The van der Waals surface area contributed by atoms with Crippen molar-refractivity contribution in [3.05, 3.63) is 70.3 Å². The summed E-state index contributed by atoms with van der Waals surface area (Å²) in [5, 5.41) is 5.69. The summed E-state index contributed by atoms with van der Waals surface area (Å²) in [5.74, 6) is -0.0571. The molecule has 3 rings (SSSR count). The molecule has 0 radical (unpaired) electrons. The molecule has 1 aliphatic carbocycles. The van der Waals surface area contributed by atoms with Gasteiger partial charge in [-0.2, -0.15) is 0 Å². The highest BCUT2D eigenvalue weighted by Gasteiger charge is 2.11. The topological polar surface area (TPSA) is 87.3 Å². The maximum Gasteiger partial charge on any atom is 0.315 e. The van der Waals surface area contributed by atoms with Crippen molar-refractivity contribution < 1.29 is 13.2 Å². The molecule has 27 heavy (non-hydrogen) atoms. The van der Waals surface area contributed by atoms with E-state index in [9.17, 15) is 13.2 Å². The van der Waals surface area contributed by atoms with Gasteiger partial charge in [-0.1, -0.05) is 42.5 Å². The van der Waals surface area contributed by atoms with Gasteiger partial charge in [-0.15, -0.1) is 0 Å². The fraction of sp³-hybridized carbons (Fsp3) is 0.350. The molecule has 2 aromatic rings. The molecule has 2 amide bonds. The van der Waals surface area contributed by atoms with E-state index in [1.165, 1.54) is 24.6 Å². The lowest BCUT2D eigenvalue weighted by Gasteiger charge is -2.10. The Kier molecular flexibility index (Phi) is 6.13.